The van der Waals surface area contributed by atoms with E-state index in [4.69, 9.17) is 18.1 Å². The minimum absolute atomic E-state index is 0.211. The largest absolute Gasteiger partial charge is 0.334 e. The zero-order valence-corrected chi connectivity index (χ0v) is 9.55. The summed E-state index contributed by atoms with van der Waals surface area (Å²) >= 11 is 4.90. The first-order valence-corrected chi connectivity index (χ1v) is 4.62. The topological polar surface area (TPSA) is 65.8 Å². The molecule has 0 saturated carbocycles. The van der Waals surface area contributed by atoms with Crippen molar-refractivity contribution < 1.29 is 0 Å². The van der Waals surface area contributed by atoms with Gasteiger partial charge in [0.1, 0.15) is 5.69 Å². The van der Waals surface area contributed by atoms with E-state index in [1.54, 1.807) is 7.05 Å². The number of nitrogens with zero attached hydrogens (tertiary/aromatic N) is 3. The zero-order valence-electron chi connectivity index (χ0n) is 8.74. The van der Waals surface area contributed by atoms with E-state index >= 15 is 0 Å². The van der Waals surface area contributed by atoms with Crippen LogP contribution in [0.25, 0.3) is 0 Å². The lowest BCUT2D eigenvalue weighted by molar-refractivity contribution is 0.502. The number of nitrogen functional groups attached to an aromatic ring is 1. The third kappa shape index (κ3) is 1.70. The van der Waals surface area contributed by atoms with Crippen LogP contribution in [0.4, 0.5) is 0 Å². The summed E-state index contributed by atoms with van der Waals surface area (Å²) in [6.07, 6.45) is 0. The van der Waals surface area contributed by atoms with Gasteiger partial charge in [0.15, 0.2) is 0 Å². The van der Waals surface area contributed by atoms with E-state index in [-0.39, 0.29) is 15.7 Å². The Bertz CT molecular complexity index is 466. The van der Waals surface area contributed by atoms with E-state index in [0.717, 1.165) is 4.68 Å². The summed E-state index contributed by atoms with van der Waals surface area (Å²) in [5.74, 6) is 5.52. The maximum Gasteiger partial charge on any atom is 0.295 e. The van der Waals surface area contributed by atoms with Gasteiger partial charge in [0.2, 0.25) is 4.77 Å². The quantitative estimate of drug-likeness (QED) is 0.499. The Morgan fingerprint density at radius 2 is 1.93 bits per heavy atom. The molecule has 0 amide bonds. The van der Waals surface area contributed by atoms with E-state index in [1.807, 2.05) is 20.8 Å². The molecule has 0 aliphatic heterocycles. The summed E-state index contributed by atoms with van der Waals surface area (Å²) in [7, 11) is 1.67. The Hall–Kier alpha value is -1.17. The molecule has 0 atom stereocenters. The van der Waals surface area contributed by atoms with Crippen molar-refractivity contribution in [2.75, 3.05) is 5.84 Å². The van der Waals surface area contributed by atoms with Crippen LogP contribution >= 0.6 is 12.2 Å². The van der Waals surface area contributed by atoms with Crippen molar-refractivity contribution in [2.45, 2.75) is 26.2 Å². The molecule has 1 heterocycles. The molecule has 0 aromatic carbocycles. The van der Waals surface area contributed by atoms with Crippen molar-refractivity contribution >= 4 is 12.2 Å². The van der Waals surface area contributed by atoms with Crippen LogP contribution in [0.2, 0.25) is 0 Å². The summed E-state index contributed by atoms with van der Waals surface area (Å²) in [5, 5.41) is 4.10. The highest BCUT2D eigenvalue weighted by Gasteiger charge is 2.21. The van der Waals surface area contributed by atoms with Crippen LogP contribution in [0.3, 0.4) is 0 Å². The van der Waals surface area contributed by atoms with E-state index in [2.05, 4.69) is 5.10 Å². The molecule has 1 rings (SSSR count). The number of hydrogen-bond acceptors (Lipinski definition) is 4. The van der Waals surface area contributed by atoms with Gasteiger partial charge in [-0.05, 0) is 12.2 Å². The lowest BCUT2D eigenvalue weighted by atomic mass is 9.93. The van der Waals surface area contributed by atoms with Crippen molar-refractivity contribution in [3.63, 3.8) is 0 Å². The SMILES string of the molecule is Cn1nc(C(C)(C)C)c(=O)n(N)c1=S. The van der Waals surface area contributed by atoms with E-state index in [0.29, 0.717) is 5.69 Å². The normalized spacial score (nSPS) is 11.7. The molecule has 0 unspecified atom stereocenters. The molecular formula is C8H14N4OS. The van der Waals surface area contributed by atoms with Gasteiger partial charge < -0.3 is 5.84 Å². The first kappa shape index (κ1) is 10.9. The van der Waals surface area contributed by atoms with Crippen molar-refractivity contribution in [3.05, 3.63) is 20.8 Å². The van der Waals surface area contributed by atoms with E-state index in [9.17, 15) is 4.79 Å². The second-order valence-electron chi connectivity index (χ2n) is 4.18. The predicted molar refractivity (Wildman–Crippen MR) is 57.2 cm³/mol. The van der Waals surface area contributed by atoms with E-state index < -0.39 is 0 Å². The van der Waals surface area contributed by atoms with Gasteiger partial charge in [0.05, 0.1) is 0 Å². The zero-order chi connectivity index (χ0) is 11.1. The molecule has 1 aromatic rings. The summed E-state index contributed by atoms with van der Waals surface area (Å²) in [5.41, 5.74) is -0.254. The summed E-state index contributed by atoms with van der Waals surface area (Å²) in [4.78, 5) is 11.7. The van der Waals surface area contributed by atoms with Crippen molar-refractivity contribution in [1.82, 2.24) is 14.5 Å². The highest BCUT2D eigenvalue weighted by Crippen LogP contribution is 2.15. The first-order valence-electron chi connectivity index (χ1n) is 4.21. The average Bonchev–Trinajstić information content (AvgIpc) is 2.06. The van der Waals surface area contributed by atoms with Gasteiger partial charge in [-0.25, -0.2) is 4.68 Å². The molecule has 14 heavy (non-hydrogen) atoms. The predicted octanol–water partition coefficient (Wildman–Crippen LogP) is 0.323. The molecule has 0 fully saturated rings. The fraction of sp³-hybridized carbons (Fsp3) is 0.625. The molecule has 78 valence electrons. The Morgan fingerprint density at radius 1 is 1.43 bits per heavy atom. The van der Waals surface area contributed by atoms with Gasteiger partial charge in [0.25, 0.3) is 5.56 Å². The number of nitrogens with two attached hydrogens (primary N) is 1. The maximum atomic E-state index is 11.7. The molecule has 6 heteroatoms. The highest BCUT2D eigenvalue weighted by molar-refractivity contribution is 7.71. The minimum Gasteiger partial charge on any atom is -0.334 e. The summed E-state index contributed by atoms with van der Waals surface area (Å²) in [6.45, 7) is 5.71. The van der Waals surface area contributed by atoms with Crippen LogP contribution in [0, 0.1) is 4.77 Å². The first-order chi connectivity index (χ1) is 6.25. The fourth-order valence-electron chi connectivity index (χ4n) is 1.06. The van der Waals surface area contributed by atoms with Crippen LogP contribution in [0.15, 0.2) is 4.79 Å². The fourth-order valence-corrected chi connectivity index (χ4v) is 1.19. The van der Waals surface area contributed by atoms with Crippen LogP contribution in [0.5, 0.6) is 0 Å². The standard InChI is InChI=1S/C8H14N4OS/c1-8(2,3)5-6(13)12(9)7(14)11(4)10-5/h9H2,1-4H3. The van der Waals surface area contributed by atoms with Crippen molar-refractivity contribution in [2.24, 2.45) is 7.05 Å². The van der Waals surface area contributed by atoms with Crippen molar-refractivity contribution in [1.29, 1.82) is 0 Å². The van der Waals surface area contributed by atoms with E-state index in [1.165, 1.54) is 4.68 Å². The molecular weight excluding hydrogens is 200 g/mol. The number of hydrogen-bond donors (Lipinski definition) is 1. The van der Waals surface area contributed by atoms with Crippen molar-refractivity contribution in [3.8, 4) is 0 Å². The Kier molecular flexibility index (Phi) is 2.49. The Morgan fingerprint density at radius 3 is 2.36 bits per heavy atom. The monoisotopic (exact) mass is 214 g/mol. The molecule has 0 aliphatic rings. The minimum atomic E-state index is -0.334. The molecule has 0 saturated heterocycles. The lowest BCUT2D eigenvalue weighted by Gasteiger charge is -2.17. The molecule has 0 radical (unpaired) electrons. The van der Waals surface area contributed by atoms with Crippen LogP contribution in [-0.4, -0.2) is 14.5 Å². The number of aromatic nitrogens is 3. The molecule has 0 aliphatic carbocycles. The van der Waals surface area contributed by atoms with Gasteiger partial charge >= 0.3 is 0 Å². The Labute approximate surface area is 87.1 Å². The smallest absolute Gasteiger partial charge is 0.295 e. The number of aryl methyl sites for hydroxylation is 1. The summed E-state index contributed by atoms with van der Waals surface area (Å²) in [6, 6.07) is 0. The number of rotatable bonds is 0. The van der Waals surface area contributed by atoms with Gasteiger partial charge in [0, 0.05) is 12.5 Å². The second kappa shape index (κ2) is 3.20. The molecule has 5 nitrogen and oxygen atoms in total. The van der Waals surface area contributed by atoms with Gasteiger partial charge in [-0.15, -0.1) is 0 Å². The highest BCUT2D eigenvalue weighted by atomic mass is 32.1. The molecule has 0 spiro atoms. The Balaban J connectivity index is 3.67. The summed E-state index contributed by atoms with van der Waals surface area (Å²) < 4.78 is 2.59. The van der Waals surface area contributed by atoms with Crippen LogP contribution in [0.1, 0.15) is 26.5 Å². The van der Waals surface area contributed by atoms with Crippen LogP contribution < -0.4 is 11.4 Å². The maximum absolute atomic E-state index is 11.7. The van der Waals surface area contributed by atoms with Gasteiger partial charge in [-0.2, -0.15) is 9.77 Å². The van der Waals surface area contributed by atoms with Crippen LogP contribution in [-0.2, 0) is 12.5 Å². The third-order valence-electron chi connectivity index (χ3n) is 1.86. The molecule has 1 aromatic heterocycles. The third-order valence-corrected chi connectivity index (χ3v) is 2.33. The lowest BCUT2D eigenvalue weighted by Crippen LogP contribution is -2.39. The van der Waals surface area contributed by atoms with Gasteiger partial charge in [-0.3, -0.25) is 4.79 Å². The average molecular weight is 214 g/mol. The van der Waals surface area contributed by atoms with Gasteiger partial charge in [-0.1, -0.05) is 20.8 Å². The second-order valence-corrected chi connectivity index (χ2v) is 4.55. The molecule has 2 N–H and O–H groups in total. The molecule has 0 bridgehead atoms.